The maximum atomic E-state index is 14.8. The zero-order valence-electron chi connectivity index (χ0n) is 23.5. The van der Waals surface area contributed by atoms with E-state index in [0.717, 1.165) is 5.56 Å². The van der Waals surface area contributed by atoms with Gasteiger partial charge in [0, 0.05) is 48.8 Å². The average molecular weight is 581 g/mol. The number of hydrogen-bond acceptors (Lipinski definition) is 7. The molecule has 0 spiro atoms. The number of imidazole rings is 1. The number of benzene rings is 2. The summed E-state index contributed by atoms with van der Waals surface area (Å²) in [6.07, 6.45) is 6.38. The Hall–Kier alpha value is -4.78. The van der Waals surface area contributed by atoms with Crippen LogP contribution in [-0.4, -0.2) is 64.5 Å². The molecule has 0 aliphatic carbocycles. The van der Waals surface area contributed by atoms with Crippen molar-refractivity contribution in [3.63, 3.8) is 0 Å². The van der Waals surface area contributed by atoms with E-state index in [4.69, 9.17) is 16.2 Å². The summed E-state index contributed by atoms with van der Waals surface area (Å²) < 4.78 is 35.6. The number of aromatic nitrogens is 3. The highest BCUT2D eigenvalue weighted by molar-refractivity contribution is 5.96. The van der Waals surface area contributed by atoms with E-state index in [1.165, 1.54) is 36.5 Å². The van der Waals surface area contributed by atoms with Crippen molar-refractivity contribution < 1.29 is 23.1 Å². The highest BCUT2D eigenvalue weighted by Gasteiger charge is 2.19. The maximum Gasteiger partial charge on any atom is 0.314 e. The summed E-state index contributed by atoms with van der Waals surface area (Å²) >= 11 is 0. The number of halogens is 2. The molecule has 4 aromatic rings. The van der Waals surface area contributed by atoms with Crippen molar-refractivity contribution in [3.8, 4) is 17.0 Å². The minimum Gasteiger partial charge on any atom is -0.494 e. The fraction of sp³-hybridized carbons (Fsp3) is 0.310. The summed E-state index contributed by atoms with van der Waals surface area (Å²) in [6.45, 7) is 3.69. The van der Waals surface area contributed by atoms with Gasteiger partial charge in [-0.15, -0.1) is 0 Å². The van der Waals surface area contributed by atoms with E-state index < -0.39 is 17.7 Å². The lowest BCUT2D eigenvalue weighted by Gasteiger charge is -2.20. The molecule has 6 N–H and O–H groups in total. The van der Waals surface area contributed by atoms with Gasteiger partial charge in [-0.25, -0.2) is 19.2 Å². The van der Waals surface area contributed by atoms with Crippen LogP contribution < -0.4 is 26.8 Å². The van der Waals surface area contributed by atoms with E-state index in [0.29, 0.717) is 73.9 Å². The molecule has 0 unspecified atom stereocenters. The van der Waals surface area contributed by atoms with E-state index in [1.807, 2.05) is 13.0 Å². The second-order valence-corrected chi connectivity index (χ2v) is 9.48. The molecule has 0 saturated carbocycles. The number of carbonyl (C=O) groups excluding carboxylic acids is 2. The summed E-state index contributed by atoms with van der Waals surface area (Å²) in [5.41, 5.74) is 13.7. The number of ether oxygens (including phenoxy) is 1. The first kappa shape index (κ1) is 30.2. The SMILES string of the molecule is CCc1cc(Nc2nccn3c(-c4ccc(OC)c(F)c4F)cnc23)ccc1C(=O)NCCCN(CCCN)C(N)=O. The summed E-state index contributed by atoms with van der Waals surface area (Å²) in [4.78, 5) is 34.7. The number of amides is 3. The molecule has 0 aliphatic rings. The Morgan fingerprint density at radius 3 is 2.60 bits per heavy atom. The van der Waals surface area contributed by atoms with Gasteiger partial charge in [0.15, 0.2) is 23.0 Å². The number of hydrogen-bond donors (Lipinski definition) is 4. The Morgan fingerprint density at radius 1 is 1.10 bits per heavy atom. The van der Waals surface area contributed by atoms with Gasteiger partial charge in [-0.1, -0.05) is 6.92 Å². The highest BCUT2D eigenvalue weighted by Crippen LogP contribution is 2.31. The minimum atomic E-state index is -1.08. The predicted octanol–water partition coefficient (Wildman–Crippen LogP) is 3.84. The van der Waals surface area contributed by atoms with Gasteiger partial charge in [-0.3, -0.25) is 9.20 Å². The molecule has 2 aromatic heterocycles. The van der Waals surface area contributed by atoms with Crippen LogP contribution in [0.1, 0.15) is 35.7 Å². The molecule has 3 amide bonds. The molecule has 0 bridgehead atoms. The first-order valence-corrected chi connectivity index (χ1v) is 13.6. The predicted molar refractivity (Wildman–Crippen MR) is 156 cm³/mol. The quantitative estimate of drug-likeness (QED) is 0.175. The Bertz CT molecular complexity index is 1580. The van der Waals surface area contributed by atoms with Crippen molar-refractivity contribution in [2.24, 2.45) is 11.5 Å². The van der Waals surface area contributed by atoms with Gasteiger partial charge in [0.1, 0.15) is 0 Å². The molecule has 0 aliphatic heterocycles. The largest absolute Gasteiger partial charge is 0.494 e. The van der Waals surface area contributed by atoms with Gasteiger partial charge in [-0.2, -0.15) is 4.39 Å². The number of nitrogens with zero attached hydrogens (tertiary/aromatic N) is 4. The summed E-state index contributed by atoms with van der Waals surface area (Å²) in [5, 5.41) is 6.11. The number of carbonyl (C=O) groups is 2. The van der Waals surface area contributed by atoms with Crippen molar-refractivity contribution >= 4 is 29.1 Å². The lowest BCUT2D eigenvalue weighted by Crippen LogP contribution is -2.39. The van der Waals surface area contributed by atoms with Crippen LogP contribution in [0.3, 0.4) is 0 Å². The lowest BCUT2D eigenvalue weighted by atomic mass is 10.0. The Kier molecular flexibility index (Phi) is 9.86. The van der Waals surface area contributed by atoms with Crippen molar-refractivity contribution in [3.05, 3.63) is 71.7 Å². The van der Waals surface area contributed by atoms with Gasteiger partial charge in [-0.05, 0) is 61.7 Å². The number of anilines is 2. The first-order chi connectivity index (χ1) is 20.3. The molecule has 42 heavy (non-hydrogen) atoms. The van der Waals surface area contributed by atoms with E-state index in [9.17, 15) is 18.4 Å². The second kappa shape index (κ2) is 13.7. The van der Waals surface area contributed by atoms with Crippen LogP contribution in [0.15, 0.2) is 48.9 Å². The standard InChI is InChI=1S/C29H34F2N8O3/c1-3-18-16-19(6-7-20(18)28(40)35-11-5-14-38(29(33)41)13-4-10-32)37-26-27-36-17-22(39(27)15-12-34-26)21-8-9-23(42-2)25(31)24(21)30/h6-9,12,15-17H,3-5,10-11,13-14,32H2,1-2H3,(H2,33,41)(H,34,37)(H,35,40). The molecular formula is C29H34F2N8O3. The van der Waals surface area contributed by atoms with E-state index in [2.05, 4.69) is 20.6 Å². The number of rotatable bonds is 13. The number of methoxy groups -OCH3 is 1. The summed E-state index contributed by atoms with van der Waals surface area (Å²) in [6, 6.07) is 7.61. The number of nitrogens with two attached hydrogens (primary N) is 2. The molecule has 0 saturated heterocycles. The van der Waals surface area contributed by atoms with Crippen LogP contribution in [0.2, 0.25) is 0 Å². The van der Waals surface area contributed by atoms with Crippen LogP contribution in [0, 0.1) is 11.6 Å². The van der Waals surface area contributed by atoms with Gasteiger partial charge in [0.05, 0.1) is 19.0 Å². The van der Waals surface area contributed by atoms with Crippen molar-refractivity contribution in [2.45, 2.75) is 26.2 Å². The summed E-state index contributed by atoms with van der Waals surface area (Å²) in [5.74, 6) is -2.14. The van der Waals surface area contributed by atoms with Gasteiger partial charge < -0.3 is 31.7 Å². The smallest absolute Gasteiger partial charge is 0.314 e. The van der Waals surface area contributed by atoms with Crippen LogP contribution in [-0.2, 0) is 6.42 Å². The zero-order chi connectivity index (χ0) is 30.2. The van der Waals surface area contributed by atoms with Crippen molar-refractivity contribution in [1.29, 1.82) is 0 Å². The van der Waals surface area contributed by atoms with E-state index in [-0.39, 0.29) is 17.2 Å². The normalized spacial score (nSPS) is 11.0. The van der Waals surface area contributed by atoms with E-state index in [1.54, 1.807) is 22.7 Å². The van der Waals surface area contributed by atoms with Crippen LogP contribution in [0.5, 0.6) is 5.75 Å². The Balaban J connectivity index is 1.47. The number of fused-ring (bicyclic) bond motifs is 1. The summed E-state index contributed by atoms with van der Waals surface area (Å²) in [7, 11) is 1.27. The monoisotopic (exact) mass is 580 g/mol. The number of aryl methyl sites for hydroxylation is 1. The fourth-order valence-electron chi connectivity index (χ4n) is 4.60. The second-order valence-electron chi connectivity index (χ2n) is 9.48. The molecular weight excluding hydrogens is 546 g/mol. The molecule has 0 radical (unpaired) electrons. The third kappa shape index (κ3) is 6.57. The Morgan fingerprint density at radius 2 is 1.88 bits per heavy atom. The number of nitrogens with one attached hydrogen (secondary N) is 2. The molecule has 222 valence electrons. The molecule has 11 nitrogen and oxygen atoms in total. The molecule has 13 heteroatoms. The third-order valence-corrected chi connectivity index (χ3v) is 6.80. The topological polar surface area (TPSA) is 153 Å². The Labute approximate surface area is 241 Å². The van der Waals surface area contributed by atoms with Crippen LogP contribution in [0.4, 0.5) is 25.1 Å². The number of primary amides is 1. The zero-order valence-corrected chi connectivity index (χ0v) is 23.5. The number of urea groups is 1. The van der Waals surface area contributed by atoms with Gasteiger partial charge >= 0.3 is 6.03 Å². The molecule has 2 aromatic carbocycles. The van der Waals surface area contributed by atoms with Gasteiger partial charge in [0.2, 0.25) is 5.82 Å². The lowest BCUT2D eigenvalue weighted by molar-refractivity contribution is 0.0951. The van der Waals surface area contributed by atoms with Gasteiger partial charge in [0.25, 0.3) is 5.91 Å². The van der Waals surface area contributed by atoms with E-state index >= 15 is 0 Å². The van der Waals surface area contributed by atoms with Crippen molar-refractivity contribution in [2.75, 3.05) is 38.6 Å². The van der Waals surface area contributed by atoms with Crippen LogP contribution in [0.25, 0.3) is 16.9 Å². The maximum absolute atomic E-state index is 14.8. The fourth-order valence-corrected chi connectivity index (χ4v) is 4.60. The van der Waals surface area contributed by atoms with Crippen LogP contribution >= 0.6 is 0 Å². The molecule has 4 rings (SSSR count). The first-order valence-electron chi connectivity index (χ1n) is 13.6. The third-order valence-electron chi connectivity index (χ3n) is 6.80. The highest BCUT2D eigenvalue weighted by atomic mass is 19.2. The van der Waals surface area contributed by atoms with Crippen molar-refractivity contribution in [1.82, 2.24) is 24.6 Å². The molecule has 0 fully saturated rings. The molecule has 2 heterocycles. The molecule has 0 atom stereocenters. The minimum absolute atomic E-state index is 0.0273. The average Bonchev–Trinajstić information content (AvgIpc) is 3.42.